The van der Waals surface area contributed by atoms with E-state index in [1.165, 1.54) is 0 Å². The number of hydrogen-bond donors (Lipinski definition) is 1. The second kappa shape index (κ2) is 6.10. The topological polar surface area (TPSA) is 55.1 Å². The van der Waals surface area contributed by atoms with Crippen LogP contribution in [0, 0.1) is 6.92 Å². The van der Waals surface area contributed by atoms with Gasteiger partial charge in [0.15, 0.2) is 0 Å². The molecule has 0 fully saturated rings. The number of benzene rings is 1. The Kier molecular flexibility index (Phi) is 4.47. The van der Waals surface area contributed by atoms with Gasteiger partial charge >= 0.3 is 5.97 Å². The SMILES string of the molecule is CSCCCCn1c(C)nc2cccc(C(=O)O)c21. The van der Waals surface area contributed by atoms with Crippen LogP contribution in [0.2, 0.25) is 0 Å². The third kappa shape index (κ3) is 2.92. The number of hydrogen-bond acceptors (Lipinski definition) is 3. The molecule has 1 heterocycles. The molecular weight excluding hydrogens is 260 g/mol. The Labute approximate surface area is 116 Å². The lowest BCUT2D eigenvalue weighted by molar-refractivity contribution is 0.0698. The van der Waals surface area contributed by atoms with Gasteiger partial charge in [-0.3, -0.25) is 0 Å². The average molecular weight is 278 g/mol. The summed E-state index contributed by atoms with van der Waals surface area (Å²) >= 11 is 1.84. The van der Waals surface area contributed by atoms with E-state index in [0.717, 1.165) is 42.0 Å². The zero-order valence-electron chi connectivity index (χ0n) is 11.2. The van der Waals surface area contributed by atoms with Crippen LogP contribution in [0.25, 0.3) is 11.0 Å². The predicted molar refractivity (Wildman–Crippen MR) is 79.0 cm³/mol. The first-order valence-electron chi connectivity index (χ1n) is 6.33. The lowest BCUT2D eigenvalue weighted by atomic mass is 10.2. The molecule has 4 nitrogen and oxygen atoms in total. The number of fused-ring (bicyclic) bond motifs is 1. The van der Waals surface area contributed by atoms with Crippen LogP contribution in [0.4, 0.5) is 0 Å². The number of aryl methyl sites for hydroxylation is 2. The van der Waals surface area contributed by atoms with Crippen molar-refractivity contribution >= 4 is 28.8 Å². The van der Waals surface area contributed by atoms with E-state index in [9.17, 15) is 9.90 Å². The minimum atomic E-state index is -0.893. The number of para-hydroxylation sites is 1. The minimum Gasteiger partial charge on any atom is -0.478 e. The molecule has 1 aromatic heterocycles. The highest BCUT2D eigenvalue weighted by Gasteiger charge is 2.15. The van der Waals surface area contributed by atoms with Gasteiger partial charge in [0.25, 0.3) is 0 Å². The van der Waals surface area contributed by atoms with Gasteiger partial charge in [-0.1, -0.05) is 6.07 Å². The first-order chi connectivity index (χ1) is 9.15. The van der Waals surface area contributed by atoms with Crippen LogP contribution in [-0.2, 0) is 6.54 Å². The molecule has 0 aliphatic rings. The molecule has 2 rings (SSSR count). The van der Waals surface area contributed by atoms with E-state index in [1.54, 1.807) is 12.1 Å². The number of rotatable bonds is 6. The van der Waals surface area contributed by atoms with Gasteiger partial charge in [-0.05, 0) is 43.9 Å². The molecule has 0 spiro atoms. The molecule has 0 radical (unpaired) electrons. The molecule has 0 amide bonds. The molecule has 19 heavy (non-hydrogen) atoms. The molecule has 102 valence electrons. The fourth-order valence-corrected chi connectivity index (χ4v) is 2.76. The molecule has 2 aromatic rings. The summed E-state index contributed by atoms with van der Waals surface area (Å²) in [5.41, 5.74) is 1.85. The van der Waals surface area contributed by atoms with Crippen LogP contribution in [0.3, 0.4) is 0 Å². The Balaban J connectivity index is 2.36. The second-order valence-corrected chi connectivity index (χ2v) is 5.47. The van der Waals surface area contributed by atoms with Crippen molar-refractivity contribution in [2.45, 2.75) is 26.3 Å². The zero-order chi connectivity index (χ0) is 13.8. The predicted octanol–water partition coefficient (Wildman–Crippen LogP) is 3.19. The number of carbonyl (C=O) groups is 1. The molecule has 1 aromatic carbocycles. The molecule has 0 atom stereocenters. The van der Waals surface area contributed by atoms with Crippen LogP contribution in [0.1, 0.15) is 29.0 Å². The number of unbranched alkanes of at least 4 members (excludes halogenated alkanes) is 1. The molecule has 0 aliphatic heterocycles. The van der Waals surface area contributed by atoms with Crippen molar-refractivity contribution < 1.29 is 9.90 Å². The van der Waals surface area contributed by atoms with Crippen molar-refractivity contribution in [3.8, 4) is 0 Å². The third-order valence-corrected chi connectivity index (χ3v) is 3.87. The lowest BCUT2D eigenvalue weighted by Crippen LogP contribution is -2.05. The van der Waals surface area contributed by atoms with Crippen molar-refractivity contribution in [2.75, 3.05) is 12.0 Å². The lowest BCUT2D eigenvalue weighted by Gasteiger charge is -2.08. The van der Waals surface area contributed by atoms with Gasteiger partial charge in [0.2, 0.25) is 0 Å². The summed E-state index contributed by atoms with van der Waals surface area (Å²) in [6, 6.07) is 5.26. The van der Waals surface area contributed by atoms with Crippen molar-refractivity contribution in [1.29, 1.82) is 0 Å². The Bertz CT molecular complexity index is 592. The van der Waals surface area contributed by atoms with E-state index in [4.69, 9.17) is 0 Å². The highest BCUT2D eigenvalue weighted by molar-refractivity contribution is 7.98. The van der Waals surface area contributed by atoms with Gasteiger partial charge in [0.1, 0.15) is 5.82 Å². The fraction of sp³-hybridized carbons (Fsp3) is 0.429. The third-order valence-electron chi connectivity index (χ3n) is 3.17. The van der Waals surface area contributed by atoms with E-state index >= 15 is 0 Å². The number of aromatic carboxylic acids is 1. The number of imidazole rings is 1. The zero-order valence-corrected chi connectivity index (χ0v) is 12.0. The largest absolute Gasteiger partial charge is 0.478 e. The van der Waals surface area contributed by atoms with E-state index in [0.29, 0.717) is 5.56 Å². The summed E-state index contributed by atoms with van der Waals surface area (Å²) in [7, 11) is 0. The summed E-state index contributed by atoms with van der Waals surface area (Å²) in [5, 5.41) is 9.28. The normalized spacial score (nSPS) is 11.1. The number of thioether (sulfide) groups is 1. The summed E-state index contributed by atoms with van der Waals surface area (Å²) in [6.07, 6.45) is 4.27. The maximum atomic E-state index is 11.3. The maximum Gasteiger partial charge on any atom is 0.337 e. The van der Waals surface area contributed by atoms with E-state index in [2.05, 4.69) is 11.2 Å². The molecule has 0 saturated carbocycles. The number of carboxylic acid groups (broad SMARTS) is 1. The highest BCUT2D eigenvalue weighted by atomic mass is 32.2. The van der Waals surface area contributed by atoms with Crippen molar-refractivity contribution in [1.82, 2.24) is 9.55 Å². The van der Waals surface area contributed by atoms with Gasteiger partial charge < -0.3 is 9.67 Å². The van der Waals surface area contributed by atoms with E-state index in [1.807, 2.05) is 29.3 Å². The second-order valence-electron chi connectivity index (χ2n) is 4.49. The van der Waals surface area contributed by atoms with Crippen molar-refractivity contribution in [3.63, 3.8) is 0 Å². The van der Waals surface area contributed by atoms with Gasteiger partial charge in [-0.25, -0.2) is 9.78 Å². The molecule has 1 N–H and O–H groups in total. The Hall–Kier alpha value is -1.49. The summed E-state index contributed by atoms with van der Waals surface area (Å²) in [6.45, 7) is 2.76. The summed E-state index contributed by atoms with van der Waals surface area (Å²) in [5.74, 6) is 1.13. The standard InChI is InChI=1S/C14H18N2O2S/c1-10-15-12-7-5-6-11(14(17)18)13(12)16(10)8-3-4-9-19-2/h5-7H,3-4,8-9H2,1-2H3,(H,17,18). The molecule has 5 heteroatoms. The Morgan fingerprint density at radius 1 is 1.42 bits per heavy atom. The Morgan fingerprint density at radius 3 is 2.89 bits per heavy atom. The first kappa shape index (κ1) is 13.9. The molecular formula is C14H18N2O2S. The van der Waals surface area contributed by atoms with Crippen LogP contribution in [0.15, 0.2) is 18.2 Å². The fourth-order valence-electron chi connectivity index (χ4n) is 2.26. The molecule has 0 aliphatic carbocycles. The van der Waals surface area contributed by atoms with Crippen LogP contribution >= 0.6 is 11.8 Å². The maximum absolute atomic E-state index is 11.3. The quantitative estimate of drug-likeness (QED) is 0.824. The van der Waals surface area contributed by atoms with Crippen LogP contribution in [0.5, 0.6) is 0 Å². The highest BCUT2D eigenvalue weighted by Crippen LogP contribution is 2.21. The van der Waals surface area contributed by atoms with Gasteiger partial charge in [-0.15, -0.1) is 0 Å². The van der Waals surface area contributed by atoms with Gasteiger partial charge in [-0.2, -0.15) is 11.8 Å². The minimum absolute atomic E-state index is 0.336. The number of carboxylic acids is 1. The molecule has 0 unspecified atom stereocenters. The Morgan fingerprint density at radius 2 is 2.21 bits per heavy atom. The smallest absolute Gasteiger partial charge is 0.337 e. The van der Waals surface area contributed by atoms with E-state index < -0.39 is 5.97 Å². The van der Waals surface area contributed by atoms with Crippen molar-refractivity contribution in [3.05, 3.63) is 29.6 Å². The first-order valence-corrected chi connectivity index (χ1v) is 7.72. The van der Waals surface area contributed by atoms with E-state index in [-0.39, 0.29) is 0 Å². The van der Waals surface area contributed by atoms with Crippen LogP contribution < -0.4 is 0 Å². The number of aromatic nitrogens is 2. The number of nitrogens with zero attached hydrogens (tertiary/aromatic N) is 2. The molecule has 0 saturated heterocycles. The average Bonchev–Trinajstić information content (AvgIpc) is 2.70. The van der Waals surface area contributed by atoms with Crippen LogP contribution in [-0.4, -0.2) is 32.6 Å². The summed E-state index contributed by atoms with van der Waals surface area (Å²) < 4.78 is 2.03. The van der Waals surface area contributed by atoms with Gasteiger partial charge in [0, 0.05) is 6.54 Å². The summed E-state index contributed by atoms with van der Waals surface area (Å²) in [4.78, 5) is 15.8. The monoisotopic (exact) mass is 278 g/mol. The van der Waals surface area contributed by atoms with Gasteiger partial charge in [0.05, 0.1) is 16.6 Å². The van der Waals surface area contributed by atoms with Crippen molar-refractivity contribution in [2.24, 2.45) is 0 Å². The molecule has 0 bridgehead atoms.